The highest BCUT2D eigenvalue weighted by atomic mass is 127. The normalized spacial score (nSPS) is 11.9. The van der Waals surface area contributed by atoms with Crippen LogP contribution in [0.3, 0.4) is 0 Å². The van der Waals surface area contributed by atoms with E-state index in [1.165, 1.54) is 12.5 Å². The molecular weight excluding hydrogens is 329 g/mol. The predicted molar refractivity (Wildman–Crippen MR) is 66.5 cm³/mol. The van der Waals surface area contributed by atoms with Crippen LogP contribution in [0.1, 0.15) is 12.8 Å². The van der Waals surface area contributed by atoms with Gasteiger partial charge in [0.2, 0.25) is 0 Å². The number of halogens is 1. The summed E-state index contributed by atoms with van der Waals surface area (Å²) in [4.78, 5) is 3.80. The van der Waals surface area contributed by atoms with Crippen molar-refractivity contribution < 1.29 is 8.42 Å². The molecule has 0 fully saturated rings. The van der Waals surface area contributed by atoms with Crippen molar-refractivity contribution in [2.24, 2.45) is 7.05 Å². The van der Waals surface area contributed by atoms with E-state index in [1.54, 1.807) is 11.6 Å². The highest BCUT2D eigenvalue weighted by molar-refractivity contribution is 14.1. The first-order chi connectivity index (χ1) is 7.06. The number of imidazole rings is 1. The van der Waals surface area contributed by atoms with Crippen molar-refractivity contribution >= 4 is 32.6 Å². The Morgan fingerprint density at radius 1 is 1.53 bits per heavy atom. The number of rotatable bonds is 6. The van der Waals surface area contributed by atoms with Crippen LogP contribution in [0.5, 0.6) is 0 Å². The zero-order valence-corrected chi connectivity index (χ0v) is 11.5. The van der Waals surface area contributed by atoms with Crippen LogP contribution in [0, 0.1) is 0 Å². The van der Waals surface area contributed by atoms with E-state index in [0.29, 0.717) is 6.54 Å². The lowest BCUT2D eigenvalue weighted by Crippen LogP contribution is -2.25. The summed E-state index contributed by atoms with van der Waals surface area (Å²) >= 11 is 2.27. The Morgan fingerprint density at radius 3 is 2.80 bits per heavy atom. The van der Waals surface area contributed by atoms with Crippen molar-refractivity contribution in [3.8, 4) is 0 Å². The third-order valence-corrected chi connectivity index (χ3v) is 3.92. The minimum atomic E-state index is -3.40. The molecule has 0 amide bonds. The molecule has 0 spiro atoms. The van der Waals surface area contributed by atoms with Crippen LogP contribution < -0.4 is 4.72 Å². The van der Waals surface area contributed by atoms with E-state index in [4.69, 9.17) is 0 Å². The topological polar surface area (TPSA) is 64.0 Å². The highest BCUT2D eigenvalue weighted by Gasteiger charge is 2.15. The van der Waals surface area contributed by atoms with Crippen LogP contribution in [-0.2, 0) is 17.1 Å². The second-order valence-corrected chi connectivity index (χ2v) is 5.96. The van der Waals surface area contributed by atoms with Crippen molar-refractivity contribution in [3.05, 3.63) is 12.5 Å². The third kappa shape index (κ3) is 4.07. The number of nitrogens with one attached hydrogen (secondary N) is 1. The number of sulfonamides is 1. The molecule has 86 valence electrons. The SMILES string of the molecule is Cn1cnc(S(=O)(=O)NCCCCI)c1. The zero-order valence-electron chi connectivity index (χ0n) is 8.48. The van der Waals surface area contributed by atoms with E-state index in [0.717, 1.165) is 17.3 Å². The van der Waals surface area contributed by atoms with Gasteiger partial charge in [-0.15, -0.1) is 0 Å². The fourth-order valence-corrected chi connectivity index (χ4v) is 2.62. The molecule has 1 aromatic heterocycles. The number of aromatic nitrogens is 2. The van der Waals surface area contributed by atoms with Gasteiger partial charge in [-0.3, -0.25) is 0 Å². The lowest BCUT2D eigenvalue weighted by molar-refractivity contribution is 0.575. The van der Waals surface area contributed by atoms with Gasteiger partial charge in [0, 0.05) is 19.8 Å². The van der Waals surface area contributed by atoms with Gasteiger partial charge in [-0.05, 0) is 17.3 Å². The summed E-state index contributed by atoms with van der Waals surface area (Å²) in [5.74, 6) is 0. The lowest BCUT2D eigenvalue weighted by atomic mass is 10.3. The largest absolute Gasteiger partial charge is 0.339 e. The molecule has 0 unspecified atom stereocenters. The number of nitrogens with zero attached hydrogens (tertiary/aromatic N) is 2. The molecule has 0 aliphatic carbocycles. The Labute approximate surface area is 103 Å². The van der Waals surface area contributed by atoms with Crippen molar-refractivity contribution in [2.45, 2.75) is 17.9 Å². The molecule has 15 heavy (non-hydrogen) atoms. The Morgan fingerprint density at radius 2 is 2.27 bits per heavy atom. The molecule has 0 bridgehead atoms. The van der Waals surface area contributed by atoms with E-state index in [2.05, 4.69) is 32.3 Å². The fourth-order valence-electron chi connectivity index (χ4n) is 1.03. The maximum Gasteiger partial charge on any atom is 0.259 e. The first kappa shape index (κ1) is 12.9. The molecule has 0 saturated carbocycles. The van der Waals surface area contributed by atoms with Crippen LogP contribution >= 0.6 is 22.6 Å². The summed E-state index contributed by atoms with van der Waals surface area (Å²) in [5.41, 5.74) is 0. The molecule has 1 rings (SSSR count). The van der Waals surface area contributed by atoms with Crippen molar-refractivity contribution in [1.29, 1.82) is 0 Å². The Kier molecular flexibility index (Phi) is 5.00. The van der Waals surface area contributed by atoms with E-state index in [-0.39, 0.29) is 5.03 Å². The molecule has 5 nitrogen and oxygen atoms in total. The second-order valence-electron chi connectivity index (χ2n) is 3.17. The molecule has 1 aromatic rings. The van der Waals surface area contributed by atoms with Gasteiger partial charge >= 0.3 is 0 Å². The molecular formula is C8H14IN3O2S. The first-order valence-electron chi connectivity index (χ1n) is 4.60. The average molecular weight is 343 g/mol. The Hall–Kier alpha value is -0.150. The van der Waals surface area contributed by atoms with E-state index in [9.17, 15) is 8.42 Å². The van der Waals surface area contributed by atoms with Crippen LogP contribution in [0.4, 0.5) is 0 Å². The van der Waals surface area contributed by atoms with Crippen molar-refractivity contribution in [3.63, 3.8) is 0 Å². The highest BCUT2D eigenvalue weighted by Crippen LogP contribution is 2.04. The number of alkyl halides is 1. The van der Waals surface area contributed by atoms with Crippen LogP contribution in [-0.4, -0.2) is 28.9 Å². The summed E-state index contributed by atoms with van der Waals surface area (Å²) in [6, 6.07) is 0. The number of hydrogen-bond acceptors (Lipinski definition) is 3. The van der Waals surface area contributed by atoms with E-state index >= 15 is 0 Å². The van der Waals surface area contributed by atoms with Gasteiger partial charge in [0.05, 0.1) is 6.33 Å². The summed E-state index contributed by atoms with van der Waals surface area (Å²) in [5, 5.41) is 0.0828. The van der Waals surface area contributed by atoms with Gasteiger partial charge in [-0.2, -0.15) is 0 Å². The smallest absolute Gasteiger partial charge is 0.259 e. The number of aryl methyl sites for hydroxylation is 1. The predicted octanol–water partition coefficient (Wildman–Crippen LogP) is 0.914. The summed E-state index contributed by atoms with van der Waals surface area (Å²) in [7, 11) is -1.67. The minimum Gasteiger partial charge on any atom is -0.339 e. The minimum absolute atomic E-state index is 0.0828. The third-order valence-electron chi connectivity index (χ3n) is 1.81. The van der Waals surface area contributed by atoms with Gasteiger partial charge < -0.3 is 4.57 Å². The maximum atomic E-state index is 11.6. The fraction of sp³-hybridized carbons (Fsp3) is 0.625. The van der Waals surface area contributed by atoms with Crippen molar-refractivity contribution in [1.82, 2.24) is 14.3 Å². The summed E-state index contributed by atoms with van der Waals surface area (Å²) in [6.07, 6.45) is 4.83. The van der Waals surface area contributed by atoms with Gasteiger partial charge in [-0.1, -0.05) is 22.6 Å². The molecule has 0 aromatic carbocycles. The number of hydrogen-bond donors (Lipinski definition) is 1. The molecule has 0 saturated heterocycles. The molecule has 1 heterocycles. The standard InChI is InChI=1S/C8H14IN3O2S/c1-12-6-8(10-7-12)15(13,14)11-5-3-2-4-9/h6-7,11H,2-5H2,1H3. The monoisotopic (exact) mass is 343 g/mol. The molecule has 1 N–H and O–H groups in total. The number of unbranched alkanes of at least 4 members (excludes halogenated alkanes) is 1. The molecule has 0 aliphatic rings. The molecule has 0 radical (unpaired) electrons. The average Bonchev–Trinajstić information content (AvgIpc) is 2.60. The Balaban J connectivity index is 2.53. The molecule has 0 atom stereocenters. The second kappa shape index (κ2) is 5.80. The molecule has 0 aliphatic heterocycles. The van der Waals surface area contributed by atoms with Gasteiger partial charge in [0.1, 0.15) is 0 Å². The van der Waals surface area contributed by atoms with Gasteiger partial charge in [0.25, 0.3) is 10.0 Å². The Bertz CT molecular complexity index is 402. The summed E-state index contributed by atoms with van der Waals surface area (Å²) < 4.78 is 28.4. The van der Waals surface area contributed by atoms with Crippen LogP contribution in [0.15, 0.2) is 17.6 Å². The molecule has 7 heteroatoms. The van der Waals surface area contributed by atoms with Gasteiger partial charge in [-0.25, -0.2) is 18.1 Å². The quantitative estimate of drug-likeness (QED) is 0.475. The summed E-state index contributed by atoms with van der Waals surface area (Å²) in [6.45, 7) is 0.474. The van der Waals surface area contributed by atoms with Crippen LogP contribution in [0.25, 0.3) is 0 Å². The van der Waals surface area contributed by atoms with E-state index < -0.39 is 10.0 Å². The van der Waals surface area contributed by atoms with Crippen molar-refractivity contribution in [2.75, 3.05) is 11.0 Å². The van der Waals surface area contributed by atoms with E-state index in [1.807, 2.05) is 0 Å². The lowest BCUT2D eigenvalue weighted by Gasteiger charge is -2.02. The first-order valence-corrected chi connectivity index (χ1v) is 7.61. The maximum absolute atomic E-state index is 11.6. The zero-order chi connectivity index (χ0) is 11.3. The van der Waals surface area contributed by atoms with Gasteiger partial charge in [0.15, 0.2) is 5.03 Å². The van der Waals surface area contributed by atoms with Crippen LogP contribution in [0.2, 0.25) is 0 Å².